The molecule has 0 bridgehead atoms. The molecule has 0 fully saturated rings. The highest BCUT2D eigenvalue weighted by Gasteiger charge is 2.14. The van der Waals surface area contributed by atoms with Gasteiger partial charge in [-0.1, -0.05) is 26.0 Å². The molecule has 0 aliphatic heterocycles. The topological polar surface area (TPSA) is 69.4 Å². The minimum Gasteiger partial charge on any atom is -0.380 e. The fourth-order valence-corrected chi connectivity index (χ4v) is 3.04. The molecule has 0 atom stereocenters. The third-order valence-corrected chi connectivity index (χ3v) is 4.74. The lowest BCUT2D eigenvalue weighted by Gasteiger charge is -2.08. The molecule has 0 saturated carbocycles. The first-order valence-electron chi connectivity index (χ1n) is 7.05. The maximum Gasteiger partial charge on any atom is 0.180 e. The lowest BCUT2D eigenvalue weighted by molar-refractivity contribution is 0.142. The van der Waals surface area contributed by atoms with Crippen molar-refractivity contribution in [3.8, 4) is 0 Å². The summed E-state index contributed by atoms with van der Waals surface area (Å²) in [6.07, 6.45) is 2.08. The first-order chi connectivity index (χ1) is 9.45. The van der Waals surface area contributed by atoms with Crippen molar-refractivity contribution in [1.29, 1.82) is 0 Å². The van der Waals surface area contributed by atoms with Crippen molar-refractivity contribution in [2.75, 3.05) is 19.0 Å². The van der Waals surface area contributed by atoms with E-state index in [1.807, 2.05) is 6.07 Å². The van der Waals surface area contributed by atoms with E-state index >= 15 is 0 Å². The number of nitrogens with two attached hydrogens (primary N) is 1. The van der Waals surface area contributed by atoms with Gasteiger partial charge in [-0.25, -0.2) is 8.42 Å². The monoisotopic (exact) mass is 299 g/mol. The minimum absolute atomic E-state index is 0.0166. The van der Waals surface area contributed by atoms with E-state index in [4.69, 9.17) is 10.5 Å². The van der Waals surface area contributed by atoms with Gasteiger partial charge < -0.3 is 10.5 Å². The van der Waals surface area contributed by atoms with Gasteiger partial charge in [-0.05, 0) is 36.5 Å². The average molecular weight is 299 g/mol. The molecule has 1 aromatic rings. The molecule has 4 nitrogen and oxygen atoms in total. The summed E-state index contributed by atoms with van der Waals surface area (Å²) >= 11 is 0. The van der Waals surface area contributed by atoms with Crippen LogP contribution >= 0.6 is 0 Å². The zero-order chi connectivity index (χ0) is 15.0. The highest BCUT2D eigenvalue weighted by Crippen LogP contribution is 2.13. The highest BCUT2D eigenvalue weighted by molar-refractivity contribution is 7.91. The van der Waals surface area contributed by atoms with Gasteiger partial charge in [-0.2, -0.15) is 0 Å². The van der Waals surface area contributed by atoms with Crippen LogP contribution in [0.4, 0.5) is 0 Å². The van der Waals surface area contributed by atoms with Crippen LogP contribution < -0.4 is 5.73 Å². The second-order valence-electron chi connectivity index (χ2n) is 5.32. The number of rotatable bonds is 9. The number of sulfone groups is 1. The van der Waals surface area contributed by atoms with Crippen LogP contribution in [0, 0.1) is 5.92 Å². The van der Waals surface area contributed by atoms with Crippen molar-refractivity contribution >= 4 is 9.84 Å². The van der Waals surface area contributed by atoms with Crippen molar-refractivity contribution in [3.05, 3.63) is 29.8 Å². The Kier molecular flexibility index (Phi) is 7.19. The second-order valence-corrected chi connectivity index (χ2v) is 7.43. The van der Waals surface area contributed by atoms with Crippen LogP contribution in [0.25, 0.3) is 0 Å². The van der Waals surface area contributed by atoms with Crippen molar-refractivity contribution in [3.63, 3.8) is 0 Å². The van der Waals surface area contributed by atoms with Gasteiger partial charge in [0.05, 0.1) is 17.3 Å². The van der Waals surface area contributed by atoms with Gasteiger partial charge >= 0.3 is 0 Å². The van der Waals surface area contributed by atoms with E-state index < -0.39 is 9.84 Å². The van der Waals surface area contributed by atoms with Gasteiger partial charge in [0.2, 0.25) is 0 Å². The zero-order valence-electron chi connectivity index (χ0n) is 12.3. The van der Waals surface area contributed by atoms with E-state index in [2.05, 4.69) is 13.8 Å². The first kappa shape index (κ1) is 17.1. The van der Waals surface area contributed by atoms with E-state index in [0.717, 1.165) is 18.4 Å². The van der Waals surface area contributed by atoms with E-state index in [-0.39, 0.29) is 12.4 Å². The summed E-state index contributed by atoms with van der Waals surface area (Å²) in [5.41, 5.74) is 6.34. The first-order valence-corrected chi connectivity index (χ1v) is 8.70. The largest absolute Gasteiger partial charge is 0.380 e. The third-order valence-electron chi connectivity index (χ3n) is 3.06. The summed E-state index contributed by atoms with van der Waals surface area (Å²) in [6, 6.07) is 6.78. The standard InChI is InChI=1S/C15H25NO3S/c1-13(2)5-4-8-19-9-10-20(17,18)15-7-3-6-14(11-15)12-16/h3,6-7,11,13H,4-5,8-10,12,16H2,1-2H3. The molecule has 1 rings (SSSR count). The van der Waals surface area contributed by atoms with Gasteiger partial charge in [0.1, 0.15) is 0 Å². The Morgan fingerprint density at radius 1 is 1.25 bits per heavy atom. The maximum absolute atomic E-state index is 12.1. The molecular formula is C15H25NO3S. The van der Waals surface area contributed by atoms with E-state index in [9.17, 15) is 8.42 Å². The Morgan fingerprint density at radius 2 is 2.00 bits per heavy atom. The fourth-order valence-electron chi connectivity index (χ4n) is 1.85. The van der Waals surface area contributed by atoms with Crippen LogP contribution in [0.15, 0.2) is 29.2 Å². The molecule has 114 valence electrons. The van der Waals surface area contributed by atoms with Crippen molar-refractivity contribution < 1.29 is 13.2 Å². The summed E-state index contributed by atoms with van der Waals surface area (Å²) < 4.78 is 29.6. The van der Waals surface area contributed by atoms with Gasteiger partial charge in [-0.15, -0.1) is 0 Å². The third kappa shape index (κ3) is 6.03. The zero-order valence-corrected chi connectivity index (χ0v) is 13.2. The second kappa shape index (κ2) is 8.39. The minimum atomic E-state index is -3.28. The maximum atomic E-state index is 12.1. The number of ether oxygens (including phenoxy) is 1. The Bertz CT molecular complexity index is 498. The average Bonchev–Trinajstić information content (AvgIpc) is 2.42. The molecule has 0 aliphatic carbocycles. The number of benzene rings is 1. The number of hydrogen-bond donors (Lipinski definition) is 1. The van der Waals surface area contributed by atoms with Crippen LogP contribution in [0.1, 0.15) is 32.3 Å². The summed E-state index contributed by atoms with van der Waals surface area (Å²) in [7, 11) is -3.28. The summed E-state index contributed by atoms with van der Waals surface area (Å²) in [5.74, 6) is 0.671. The normalized spacial score (nSPS) is 12.0. The molecule has 5 heteroatoms. The summed E-state index contributed by atoms with van der Waals surface area (Å²) in [5, 5.41) is 0. The summed E-state index contributed by atoms with van der Waals surface area (Å²) in [6.45, 7) is 5.53. The van der Waals surface area contributed by atoms with Crippen molar-refractivity contribution in [1.82, 2.24) is 0 Å². The van der Waals surface area contributed by atoms with Gasteiger partial charge in [0.25, 0.3) is 0 Å². The molecule has 0 unspecified atom stereocenters. The lowest BCUT2D eigenvalue weighted by Crippen LogP contribution is -2.13. The van der Waals surface area contributed by atoms with Crippen LogP contribution in [0.2, 0.25) is 0 Å². The van der Waals surface area contributed by atoms with Crippen molar-refractivity contribution in [2.45, 2.75) is 38.1 Å². The van der Waals surface area contributed by atoms with E-state index in [0.29, 0.717) is 24.0 Å². The van der Waals surface area contributed by atoms with E-state index in [1.54, 1.807) is 18.2 Å². The van der Waals surface area contributed by atoms with Gasteiger partial charge in [0, 0.05) is 13.2 Å². The van der Waals surface area contributed by atoms with Crippen LogP contribution in [-0.4, -0.2) is 27.4 Å². The Morgan fingerprint density at radius 3 is 2.65 bits per heavy atom. The molecule has 0 radical (unpaired) electrons. The van der Waals surface area contributed by atoms with Crippen molar-refractivity contribution in [2.24, 2.45) is 11.7 Å². The van der Waals surface area contributed by atoms with E-state index in [1.165, 1.54) is 0 Å². The molecule has 1 aromatic carbocycles. The summed E-state index contributed by atoms with van der Waals surface area (Å²) in [4.78, 5) is 0.325. The Balaban J connectivity index is 2.41. The molecule has 0 heterocycles. The fraction of sp³-hybridized carbons (Fsp3) is 0.600. The quantitative estimate of drug-likeness (QED) is 0.711. The molecule has 2 N–H and O–H groups in total. The molecule has 0 aliphatic rings. The molecule has 20 heavy (non-hydrogen) atoms. The van der Waals surface area contributed by atoms with Gasteiger partial charge in [0.15, 0.2) is 9.84 Å². The SMILES string of the molecule is CC(C)CCCOCCS(=O)(=O)c1cccc(CN)c1. The van der Waals surface area contributed by atoms with Crippen LogP contribution in [0.3, 0.4) is 0 Å². The van der Waals surface area contributed by atoms with Crippen LogP contribution in [-0.2, 0) is 21.1 Å². The highest BCUT2D eigenvalue weighted by atomic mass is 32.2. The molecular weight excluding hydrogens is 274 g/mol. The smallest absolute Gasteiger partial charge is 0.180 e. The Hall–Kier alpha value is -0.910. The number of hydrogen-bond acceptors (Lipinski definition) is 4. The lowest BCUT2D eigenvalue weighted by atomic mass is 10.1. The molecule has 0 saturated heterocycles. The molecule has 0 amide bonds. The van der Waals surface area contributed by atoms with Crippen LogP contribution in [0.5, 0.6) is 0 Å². The molecule has 0 spiro atoms. The Labute approximate surface area is 122 Å². The molecule has 0 aromatic heterocycles. The predicted octanol–water partition coefficient (Wildman–Crippen LogP) is 2.37. The van der Waals surface area contributed by atoms with Gasteiger partial charge in [-0.3, -0.25) is 0 Å². The predicted molar refractivity (Wildman–Crippen MR) is 81.3 cm³/mol.